The quantitative estimate of drug-likeness (QED) is 0.679. The van der Waals surface area contributed by atoms with E-state index in [9.17, 15) is 0 Å². The van der Waals surface area contributed by atoms with Crippen molar-refractivity contribution in [1.82, 2.24) is 4.98 Å². The Hall–Kier alpha value is -0.410. The van der Waals surface area contributed by atoms with Crippen LogP contribution < -0.4 is 0 Å². The minimum atomic E-state index is 0.303. The predicted molar refractivity (Wildman–Crippen MR) is 43.6 cm³/mol. The highest BCUT2D eigenvalue weighted by atomic mass is 32.1. The lowest BCUT2D eigenvalue weighted by atomic mass is 9.92. The lowest BCUT2D eigenvalue weighted by Gasteiger charge is -2.18. The Morgan fingerprint density at radius 1 is 1.73 bits per heavy atom. The van der Waals surface area contributed by atoms with Crippen molar-refractivity contribution < 1.29 is 5.11 Å². The molecule has 1 aliphatic rings. The molecule has 1 aromatic heterocycles. The molecule has 2 rings (SSSR count). The van der Waals surface area contributed by atoms with Crippen molar-refractivity contribution in [2.24, 2.45) is 5.92 Å². The topological polar surface area (TPSA) is 33.1 Å². The summed E-state index contributed by atoms with van der Waals surface area (Å²) in [4.78, 5) is 5.51. The molecule has 0 spiro atoms. The lowest BCUT2D eigenvalue weighted by molar-refractivity contribution is 0.213. The molecular weight excluding hydrogens is 158 g/mol. The fourth-order valence-electron chi connectivity index (χ4n) is 1.48. The zero-order valence-electron chi connectivity index (χ0n) is 6.21. The first-order chi connectivity index (χ1) is 5.40. The summed E-state index contributed by atoms with van der Waals surface area (Å²) in [6.45, 7) is 0.303. The summed E-state index contributed by atoms with van der Waals surface area (Å²) in [6, 6.07) is 0. The molecule has 0 aromatic carbocycles. The molecule has 1 unspecified atom stereocenters. The fraction of sp³-hybridized carbons (Fsp3) is 0.625. The Morgan fingerprint density at radius 2 is 2.64 bits per heavy atom. The van der Waals surface area contributed by atoms with Gasteiger partial charge in [0, 0.05) is 11.5 Å². The monoisotopic (exact) mass is 168 g/mol. The summed E-state index contributed by atoms with van der Waals surface area (Å²) in [5.74, 6) is 0.443. The van der Waals surface area contributed by atoms with Gasteiger partial charge in [0.05, 0.1) is 5.69 Å². The SMILES string of the molecule is OCC1CCc2s[c]nc2C1. The normalized spacial score (nSPS) is 23.2. The molecular formula is C8H10NOS. The standard InChI is InChI=1S/C8H10NOS/c10-4-6-1-2-8-7(3-6)9-5-11-8/h6,10H,1-4H2. The van der Waals surface area contributed by atoms with Crippen LogP contribution in [0.25, 0.3) is 0 Å². The average molecular weight is 168 g/mol. The maximum atomic E-state index is 8.92. The van der Waals surface area contributed by atoms with Crippen LogP contribution in [0.1, 0.15) is 17.0 Å². The first-order valence-electron chi connectivity index (χ1n) is 3.85. The number of hydrogen-bond acceptors (Lipinski definition) is 3. The summed E-state index contributed by atoms with van der Waals surface area (Å²) < 4.78 is 0. The molecule has 11 heavy (non-hydrogen) atoms. The van der Waals surface area contributed by atoms with Gasteiger partial charge in [0.2, 0.25) is 0 Å². The van der Waals surface area contributed by atoms with Crippen molar-refractivity contribution in [3.8, 4) is 0 Å². The average Bonchev–Trinajstić information content (AvgIpc) is 2.50. The number of rotatable bonds is 1. The van der Waals surface area contributed by atoms with Gasteiger partial charge in [-0.1, -0.05) is 0 Å². The highest BCUT2D eigenvalue weighted by molar-refractivity contribution is 7.09. The molecule has 3 heteroatoms. The Labute approximate surface area is 69.9 Å². The molecule has 0 saturated carbocycles. The van der Waals surface area contributed by atoms with E-state index >= 15 is 0 Å². The first kappa shape index (κ1) is 7.25. The van der Waals surface area contributed by atoms with E-state index in [2.05, 4.69) is 10.5 Å². The Morgan fingerprint density at radius 3 is 3.45 bits per heavy atom. The van der Waals surface area contributed by atoms with Gasteiger partial charge >= 0.3 is 0 Å². The van der Waals surface area contributed by atoms with Crippen LogP contribution in [0.3, 0.4) is 0 Å². The van der Waals surface area contributed by atoms with E-state index in [0.29, 0.717) is 12.5 Å². The van der Waals surface area contributed by atoms with Crippen LogP contribution in [0.4, 0.5) is 0 Å². The summed E-state index contributed by atoms with van der Waals surface area (Å²) in [6.07, 6.45) is 3.15. The molecule has 0 bridgehead atoms. The molecule has 2 nitrogen and oxygen atoms in total. The second-order valence-electron chi connectivity index (χ2n) is 2.97. The van der Waals surface area contributed by atoms with Crippen molar-refractivity contribution >= 4 is 11.3 Å². The van der Waals surface area contributed by atoms with Crippen LogP contribution >= 0.6 is 11.3 Å². The molecule has 1 atom stereocenters. The summed E-state index contributed by atoms with van der Waals surface area (Å²) in [5, 5.41) is 8.92. The fourth-order valence-corrected chi connectivity index (χ4v) is 2.21. The van der Waals surface area contributed by atoms with Crippen molar-refractivity contribution in [2.45, 2.75) is 19.3 Å². The number of aliphatic hydroxyl groups excluding tert-OH is 1. The second kappa shape index (κ2) is 2.91. The molecule has 1 radical (unpaired) electrons. The molecule has 0 saturated heterocycles. The van der Waals surface area contributed by atoms with E-state index in [0.717, 1.165) is 19.3 Å². The highest BCUT2D eigenvalue weighted by Gasteiger charge is 2.19. The summed E-state index contributed by atoms with van der Waals surface area (Å²) in [7, 11) is 0. The van der Waals surface area contributed by atoms with Crippen molar-refractivity contribution in [3.63, 3.8) is 0 Å². The van der Waals surface area contributed by atoms with Gasteiger partial charge in [-0.05, 0) is 25.2 Å². The molecule has 1 heterocycles. The molecule has 59 valence electrons. The van der Waals surface area contributed by atoms with Crippen LogP contribution in [0.15, 0.2) is 0 Å². The Balaban J connectivity index is 2.18. The molecule has 1 aliphatic carbocycles. The largest absolute Gasteiger partial charge is 0.396 e. The summed E-state index contributed by atoms with van der Waals surface area (Å²) >= 11 is 1.62. The van der Waals surface area contributed by atoms with Crippen LogP contribution in [0.2, 0.25) is 0 Å². The van der Waals surface area contributed by atoms with Crippen LogP contribution in [0.5, 0.6) is 0 Å². The van der Waals surface area contributed by atoms with Gasteiger partial charge in [-0.3, -0.25) is 0 Å². The highest BCUT2D eigenvalue weighted by Crippen LogP contribution is 2.26. The van der Waals surface area contributed by atoms with E-state index < -0.39 is 0 Å². The molecule has 1 aromatic rings. The zero-order valence-corrected chi connectivity index (χ0v) is 7.02. The van der Waals surface area contributed by atoms with Gasteiger partial charge in [-0.2, -0.15) is 0 Å². The number of nitrogens with zero attached hydrogens (tertiary/aromatic N) is 1. The number of thiazole rings is 1. The van der Waals surface area contributed by atoms with Crippen LogP contribution in [-0.2, 0) is 12.8 Å². The van der Waals surface area contributed by atoms with Gasteiger partial charge < -0.3 is 5.11 Å². The minimum absolute atomic E-state index is 0.303. The van der Waals surface area contributed by atoms with Gasteiger partial charge in [0.1, 0.15) is 0 Å². The third kappa shape index (κ3) is 1.30. The smallest absolute Gasteiger partial charge is 0.152 e. The van der Waals surface area contributed by atoms with Crippen LogP contribution in [0, 0.1) is 11.4 Å². The van der Waals surface area contributed by atoms with E-state index in [1.807, 2.05) is 0 Å². The predicted octanol–water partition coefficient (Wildman–Crippen LogP) is 1.04. The van der Waals surface area contributed by atoms with Crippen molar-refractivity contribution in [2.75, 3.05) is 6.61 Å². The van der Waals surface area contributed by atoms with Gasteiger partial charge in [-0.25, -0.2) is 4.98 Å². The number of aliphatic hydroxyl groups is 1. The molecule has 1 N–H and O–H groups in total. The van der Waals surface area contributed by atoms with Crippen LogP contribution in [-0.4, -0.2) is 16.7 Å². The van der Waals surface area contributed by atoms with Gasteiger partial charge in [0.25, 0.3) is 0 Å². The first-order valence-corrected chi connectivity index (χ1v) is 4.67. The third-order valence-electron chi connectivity index (χ3n) is 2.19. The Kier molecular flexibility index (Phi) is 1.92. The minimum Gasteiger partial charge on any atom is -0.396 e. The Bertz CT molecular complexity index is 246. The van der Waals surface area contributed by atoms with Crippen molar-refractivity contribution in [1.29, 1.82) is 0 Å². The lowest BCUT2D eigenvalue weighted by Crippen LogP contribution is -2.16. The van der Waals surface area contributed by atoms with E-state index in [4.69, 9.17) is 5.11 Å². The number of aryl methyl sites for hydroxylation is 1. The van der Waals surface area contributed by atoms with Gasteiger partial charge in [-0.15, -0.1) is 11.3 Å². The number of hydrogen-bond donors (Lipinski definition) is 1. The molecule has 0 fully saturated rings. The number of aromatic nitrogens is 1. The number of fused-ring (bicyclic) bond motifs is 1. The third-order valence-corrected chi connectivity index (χ3v) is 3.06. The van der Waals surface area contributed by atoms with E-state index in [1.165, 1.54) is 10.6 Å². The van der Waals surface area contributed by atoms with E-state index in [-0.39, 0.29) is 0 Å². The summed E-state index contributed by atoms with van der Waals surface area (Å²) in [5.41, 5.74) is 4.06. The maximum Gasteiger partial charge on any atom is 0.152 e. The van der Waals surface area contributed by atoms with E-state index in [1.54, 1.807) is 11.3 Å². The van der Waals surface area contributed by atoms with Gasteiger partial charge in [0.15, 0.2) is 5.51 Å². The molecule has 0 aliphatic heterocycles. The maximum absolute atomic E-state index is 8.92. The second-order valence-corrected chi connectivity index (χ2v) is 3.85. The zero-order chi connectivity index (χ0) is 7.68. The van der Waals surface area contributed by atoms with Crippen molar-refractivity contribution in [3.05, 3.63) is 16.1 Å². The molecule has 0 amide bonds.